The standard InChI is InChI=1S/C26H22FN3O3/c27-19-5-3-6-20(15-19)28-24(31)18-12-10-17(11-13-18)16-30-22-8-2-1-7-21(22)25(32)29-14-4-9-23(29)26(30)33/h1-3,5-8,10-13,15,23H,4,9,14,16H2,(H,28,31). The van der Waals surface area contributed by atoms with Gasteiger partial charge in [-0.1, -0.05) is 30.3 Å². The molecule has 1 atom stereocenters. The predicted molar refractivity (Wildman–Crippen MR) is 122 cm³/mol. The molecular formula is C26H22FN3O3. The highest BCUT2D eigenvalue weighted by Gasteiger charge is 2.41. The van der Waals surface area contributed by atoms with Gasteiger partial charge >= 0.3 is 0 Å². The molecule has 0 aliphatic carbocycles. The van der Waals surface area contributed by atoms with Crippen LogP contribution in [-0.4, -0.2) is 35.2 Å². The number of para-hydroxylation sites is 1. The summed E-state index contributed by atoms with van der Waals surface area (Å²) in [7, 11) is 0. The van der Waals surface area contributed by atoms with Crippen molar-refractivity contribution in [3.05, 3.63) is 95.3 Å². The maximum absolute atomic E-state index is 13.4. The number of anilines is 2. The molecule has 1 N–H and O–H groups in total. The molecular weight excluding hydrogens is 421 g/mol. The first-order valence-electron chi connectivity index (χ1n) is 10.9. The van der Waals surface area contributed by atoms with E-state index in [0.717, 1.165) is 12.0 Å². The van der Waals surface area contributed by atoms with Gasteiger partial charge in [-0.2, -0.15) is 0 Å². The molecule has 166 valence electrons. The van der Waals surface area contributed by atoms with Crippen molar-refractivity contribution in [2.75, 3.05) is 16.8 Å². The first-order valence-corrected chi connectivity index (χ1v) is 10.9. The van der Waals surface area contributed by atoms with E-state index in [2.05, 4.69) is 5.32 Å². The van der Waals surface area contributed by atoms with Crippen LogP contribution in [0.2, 0.25) is 0 Å². The summed E-state index contributed by atoms with van der Waals surface area (Å²) >= 11 is 0. The lowest BCUT2D eigenvalue weighted by atomic mass is 10.1. The smallest absolute Gasteiger partial charge is 0.256 e. The Balaban J connectivity index is 1.38. The third kappa shape index (κ3) is 3.98. The van der Waals surface area contributed by atoms with Crippen molar-refractivity contribution < 1.29 is 18.8 Å². The Hall–Kier alpha value is -4.00. The second-order valence-electron chi connectivity index (χ2n) is 8.26. The molecule has 2 heterocycles. The van der Waals surface area contributed by atoms with Crippen LogP contribution in [-0.2, 0) is 11.3 Å². The zero-order valence-electron chi connectivity index (χ0n) is 17.8. The van der Waals surface area contributed by atoms with Crippen LogP contribution in [0.5, 0.6) is 0 Å². The van der Waals surface area contributed by atoms with E-state index < -0.39 is 11.9 Å². The van der Waals surface area contributed by atoms with Crippen LogP contribution in [0.15, 0.2) is 72.8 Å². The number of rotatable bonds is 4. The first-order chi connectivity index (χ1) is 16.0. The van der Waals surface area contributed by atoms with Gasteiger partial charge < -0.3 is 15.1 Å². The minimum Gasteiger partial charge on any atom is -0.327 e. The molecule has 6 nitrogen and oxygen atoms in total. The lowest BCUT2D eigenvalue weighted by molar-refractivity contribution is -0.122. The fraction of sp³-hybridized carbons (Fsp3) is 0.192. The van der Waals surface area contributed by atoms with Gasteiger partial charge in [-0.15, -0.1) is 0 Å². The summed E-state index contributed by atoms with van der Waals surface area (Å²) in [6.45, 7) is 0.881. The topological polar surface area (TPSA) is 69.7 Å². The Morgan fingerprint density at radius 2 is 1.79 bits per heavy atom. The van der Waals surface area contributed by atoms with Crippen LogP contribution < -0.4 is 10.2 Å². The van der Waals surface area contributed by atoms with Crippen molar-refractivity contribution >= 4 is 29.1 Å². The maximum atomic E-state index is 13.4. The highest BCUT2D eigenvalue weighted by Crippen LogP contribution is 2.33. The Bertz CT molecular complexity index is 1240. The Morgan fingerprint density at radius 1 is 1.00 bits per heavy atom. The fourth-order valence-electron chi connectivity index (χ4n) is 4.49. The monoisotopic (exact) mass is 443 g/mol. The second kappa shape index (κ2) is 8.50. The second-order valence-corrected chi connectivity index (χ2v) is 8.26. The van der Waals surface area contributed by atoms with Crippen LogP contribution in [0, 0.1) is 5.82 Å². The zero-order valence-corrected chi connectivity index (χ0v) is 17.8. The van der Waals surface area contributed by atoms with Crippen molar-refractivity contribution in [3.8, 4) is 0 Å². The Morgan fingerprint density at radius 3 is 2.58 bits per heavy atom. The summed E-state index contributed by atoms with van der Waals surface area (Å²) in [5.41, 5.74) is 2.76. The average molecular weight is 443 g/mol. The predicted octanol–water partition coefficient (Wildman–Crippen LogP) is 4.23. The van der Waals surface area contributed by atoms with Gasteiger partial charge in [0.25, 0.3) is 11.8 Å². The molecule has 0 aromatic heterocycles. The maximum Gasteiger partial charge on any atom is 0.256 e. The van der Waals surface area contributed by atoms with Crippen molar-refractivity contribution in [2.24, 2.45) is 0 Å². The summed E-state index contributed by atoms with van der Waals surface area (Å²) < 4.78 is 13.4. The molecule has 5 rings (SSSR count). The van der Waals surface area contributed by atoms with Crippen LogP contribution in [0.1, 0.15) is 39.1 Å². The van der Waals surface area contributed by atoms with Gasteiger partial charge in [0.1, 0.15) is 11.9 Å². The lowest BCUT2D eigenvalue weighted by Gasteiger charge is -2.26. The number of nitrogens with one attached hydrogen (secondary N) is 1. The molecule has 2 aliphatic heterocycles. The van der Waals surface area contributed by atoms with Crippen molar-refractivity contribution in [1.29, 1.82) is 0 Å². The molecule has 3 aromatic rings. The molecule has 1 saturated heterocycles. The summed E-state index contributed by atoms with van der Waals surface area (Å²) in [6.07, 6.45) is 1.47. The van der Waals surface area contributed by atoms with E-state index in [1.165, 1.54) is 18.2 Å². The van der Waals surface area contributed by atoms with Crippen LogP contribution in [0.25, 0.3) is 0 Å². The number of amides is 3. The number of nitrogens with zero attached hydrogens (tertiary/aromatic N) is 2. The van der Waals surface area contributed by atoms with Gasteiger partial charge in [-0.3, -0.25) is 14.4 Å². The van der Waals surface area contributed by atoms with Crippen LogP contribution in [0.3, 0.4) is 0 Å². The minimum atomic E-state index is -0.443. The average Bonchev–Trinajstić information content (AvgIpc) is 3.29. The van der Waals surface area contributed by atoms with E-state index in [4.69, 9.17) is 0 Å². The molecule has 3 amide bonds. The molecule has 1 unspecified atom stereocenters. The fourth-order valence-corrected chi connectivity index (χ4v) is 4.49. The van der Waals surface area contributed by atoms with Crippen molar-refractivity contribution in [1.82, 2.24) is 4.90 Å². The number of benzene rings is 3. The van der Waals surface area contributed by atoms with Crippen molar-refractivity contribution in [2.45, 2.75) is 25.4 Å². The highest BCUT2D eigenvalue weighted by molar-refractivity contribution is 6.11. The number of hydrogen-bond acceptors (Lipinski definition) is 3. The van der Waals surface area contributed by atoms with Gasteiger partial charge in [0.05, 0.1) is 17.8 Å². The van der Waals surface area contributed by atoms with E-state index in [-0.39, 0.29) is 17.7 Å². The van der Waals surface area contributed by atoms with E-state index in [0.29, 0.717) is 42.0 Å². The summed E-state index contributed by atoms with van der Waals surface area (Å²) in [5, 5.41) is 2.67. The third-order valence-corrected chi connectivity index (χ3v) is 6.13. The zero-order chi connectivity index (χ0) is 22.9. The lowest BCUT2D eigenvalue weighted by Crippen LogP contribution is -2.44. The molecule has 1 fully saturated rings. The Kier molecular flexibility index (Phi) is 5.38. The SMILES string of the molecule is O=C(Nc1cccc(F)c1)c1ccc(CN2C(=O)C3CCCN3C(=O)c3ccccc32)cc1. The normalized spacial score (nSPS) is 17.4. The number of carbonyl (C=O) groups is 3. The van der Waals surface area contributed by atoms with Gasteiger partial charge in [-0.05, 0) is 60.9 Å². The highest BCUT2D eigenvalue weighted by atomic mass is 19.1. The molecule has 0 spiro atoms. The van der Waals surface area contributed by atoms with Gasteiger partial charge in [-0.25, -0.2) is 4.39 Å². The van der Waals surface area contributed by atoms with Crippen LogP contribution >= 0.6 is 0 Å². The third-order valence-electron chi connectivity index (χ3n) is 6.13. The quantitative estimate of drug-likeness (QED) is 0.656. The van der Waals surface area contributed by atoms with E-state index in [9.17, 15) is 18.8 Å². The van der Waals surface area contributed by atoms with Gasteiger partial charge in [0.15, 0.2) is 0 Å². The summed E-state index contributed by atoms with van der Waals surface area (Å²) in [6, 6.07) is 19.4. The molecule has 0 radical (unpaired) electrons. The summed E-state index contributed by atoms with van der Waals surface area (Å²) in [5.74, 6) is -0.965. The minimum absolute atomic E-state index is 0.0845. The molecule has 33 heavy (non-hydrogen) atoms. The van der Waals surface area contributed by atoms with E-state index in [1.807, 2.05) is 12.1 Å². The van der Waals surface area contributed by atoms with E-state index in [1.54, 1.807) is 52.3 Å². The molecule has 7 heteroatoms. The van der Waals surface area contributed by atoms with E-state index >= 15 is 0 Å². The molecule has 3 aromatic carbocycles. The van der Waals surface area contributed by atoms with Crippen LogP contribution in [0.4, 0.5) is 15.8 Å². The largest absolute Gasteiger partial charge is 0.327 e. The van der Waals surface area contributed by atoms with Crippen molar-refractivity contribution in [3.63, 3.8) is 0 Å². The molecule has 0 bridgehead atoms. The number of halogens is 1. The molecule has 2 aliphatic rings. The number of carbonyl (C=O) groups excluding carboxylic acids is 3. The Labute approximate surface area is 190 Å². The molecule has 0 saturated carbocycles. The number of fused-ring (bicyclic) bond motifs is 2. The van der Waals surface area contributed by atoms with Gasteiger partial charge in [0.2, 0.25) is 5.91 Å². The first kappa shape index (κ1) is 20.9. The summed E-state index contributed by atoms with van der Waals surface area (Å²) in [4.78, 5) is 42.3. The van der Waals surface area contributed by atoms with Gasteiger partial charge in [0, 0.05) is 17.8 Å². The number of hydrogen-bond donors (Lipinski definition) is 1.